The van der Waals surface area contributed by atoms with Crippen LogP contribution in [0.2, 0.25) is 0 Å². The van der Waals surface area contributed by atoms with Crippen molar-refractivity contribution in [2.45, 2.75) is 77.7 Å². The molecular weight excluding hydrogens is 391 g/mol. The van der Waals surface area contributed by atoms with Crippen molar-refractivity contribution in [3.63, 3.8) is 0 Å². The van der Waals surface area contributed by atoms with Crippen LogP contribution < -0.4 is 5.32 Å². The van der Waals surface area contributed by atoms with Crippen molar-refractivity contribution in [3.05, 3.63) is 28.8 Å². The van der Waals surface area contributed by atoms with Gasteiger partial charge >= 0.3 is 0 Å². The fourth-order valence-corrected chi connectivity index (χ4v) is 4.47. The van der Waals surface area contributed by atoms with Gasteiger partial charge in [-0.2, -0.15) is 0 Å². The van der Waals surface area contributed by atoms with Crippen molar-refractivity contribution < 1.29 is 5.11 Å². The van der Waals surface area contributed by atoms with Crippen molar-refractivity contribution in [3.8, 4) is 5.75 Å². The van der Waals surface area contributed by atoms with Crippen LogP contribution in [0.3, 0.4) is 0 Å². The highest BCUT2D eigenvalue weighted by Crippen LogP contribution is 2.46. The molecule has 0 bridgehead atoms. The lowest BCUT2D eigenvalue weighted by Crippen LogP contribution is -2.48. The molecule has 2 aliphatic rings. The molecule has 0 radical (unpaired) electrons. The Labute approximate surface area is 184 Å². The van der Waals surface area contributed by atoms with Gasteiger partial charge in [0.2, 0.25) is 0 Å². The first-order chi connectivity index (χ1) is 12.1. The Kier molecular flexibility index (Phi) is 8.72. The first-order valence-corrected chi connectivity index (χ1v) is 10.4. The van der Waals surface area contributed by atoms with Gasteiger partial charge < -0.3 is 10.4 Å². The van der Waals surface area contributed by atoms with Crippen molar-refractivity contribution in [2.24, 2.45) is 5.92 Å². The van der Waals surface area contributed by atoms with Crippen LogP contribution in [-0.2, 0) is 10.8 Å². The molecule has 5 heteroatoms. The largest absolute Gasteiger partial charge is 0.507 e. The molecule has 3 nitrogen and oxygen atoms in total. The maximum Gasteiger partial charge on any atom is 0.123 e. The summed E-state index contributed by atoms with van der Waals surface area (Å²) in [5, 5.41) is 14.6. The van der Waals surface area contributed by atoms with Crippen molar-refractivity contribution >= 4 is 24.8 Å². The first kappa shape index (κ1) is 25.6. The lowest BCUT2D eigenvalue weighted by Gasteiger charge is -2.44. The van der Waals surface area contributed by atoms with Crippen LogP contribution in [0.25, 0.3) is 0 Å². The Bertz CT molecular complexity index is 604. The molecular formula is C23H40Cl2N2O. The molecule has 3 rings (SSSR count). The molecule has 0 unspecified atom stereocenters. The fraction of sp³-hybridized carbons (Fsp3) is 0.739. The lowest BCUT2D eigenvalue weighted by molar-refractivity contribution is 0.0834. The highest BCUT2D eigenvalue weighted by atomic mass is 35.5. The van der Waals surface area contributed by atoms with Gasteiger partial charge in [0, 0.05) is 32.2 Å². The van der Waals surface area contributed by atoms with Crippen LogP contribution in [-0.4, -0.2) is 36.2 Å². The first-order valence-electron chi connectivity index (χ1n) is 10.4. The van der Waals surface area contributed by atoms with Gasteiger partial charge in [0.1, 0.15) is 5.75 Å². The van der Waals surface area contributed by atoms with E-state index in [1.54, 1.807) is 0 Å². The lowest BCUT2D eigenvalue weighted by atomic mass is 9.72. The van der Waals surface area contributed by atoms with E-state index < -0.39 is 0 Å². The van der Waals surface area contributed by atoms with Crippen LogP contribution in [0, 0.1) is 5.92 Å². The normalized spacial score (nSPS) is 19.9. The highest BCUT2D eigenvalue weighted by Gasteiger charge is 2.36. The van der Waals surface area contributed by atoms with Gasteiger partial charge in [-0.25, -0.2) is 0 Å². The number of aromatic hydroxyl groups is 1. The number of nitrogens with zero attached hydrogens (tertiary/aromatic N) is 1. The Morgan fingerprint density at radius 3 is 1.75 bits per heavy atom. The second-order valence-corrected chi connectivity index (χ2v) is 10.4. The Hall–Kier alpha value is -0.480. The zero-order valence-electron chi connectivity index (χ0n) is 18.5. The number of halogens is 2. The molecule has 1 aromatic carbocycles. The van der Waals surface area contributed by atoms with Crippen LogP contribution in [0.15, 0.2) is 12.1 Å². The van der Waals surface area contributed by atoms with Gasteiger partial charge in [-0.3, -0.25) is 4.90 Å². The summed E-state index contributed by atoms with van der Waals surface area (Å²) in [6, 6.07) is 5.12. The minimum atomic E-state index is -0.0618. The minimum absolute atomic E-state index is 0. The monoisotopic (exact) mass is 430 g/mol. The van der Waals surface area contributed by atoms with Crippen molar-refractivity contribution in [1.82, 2.24) is 10.2 Å². The maximum atomic E-state index is 11.1. The summed E-state index contributed by atoms with van der Waals surface area (Å²) in [4.78, 5) is 2.69. The zero-order valence-corrected chi connectivity index (χ0v) is 20.1. The van der Waals surface area contributed by atoms with Gasteiger partial charge in [0.25, 0.3) is 0 Å². The Morgan fingerprint density at radius 2 is 1.39 bits per heavy atom. The third-order valence-corrected chi connectivity index (χ3v) is 6.23. The summed E-state index contributed by atoms with van der Waals surface area (Å²) >= 11 is 0. The molecule has 28 heavy (non-hydrogen) atoms. The molecule has 1 aromatic rings. The smallest absolute Gasteiger partial charge is 0.123 e. The number of hydrogen-bond acceptors (Lipinski definition) is 3. The van der Waals surface area contributed by atoms with E-state index >= 15 is 0 Å². The van der Waals surface area contributed by atoms with E-state index in [1.165, 1.54) is 24.8 Å². The van der Waals surface area contributed by atoms with Gasteiger partial charge in [0.15, 0.2) is 0 Å². The number of phenols is 1. The summed E-state index contributed by atoms with van der Waals surface area (Å²) in [5.41, 5.74) is 3.49. The van der Waals surface area contributed by atoms with Gasteiger partial charge in [-0.1, -0.05) is 48.0 Å². The molecule has 0 spiro atoms. The SMILES string of the molecule is CC(C)(C)c1cc([C@@H](C2CCC2)N2CCNCC2)cc(C(C)(C)C)c1O.Cl.Cl. The third-order valence-electron chi connectivity index (χ3n) is 6.23. The highest BCUT2D eigenvalue weighted by molar-refractivity contribution is 5.85. The second-order valence-electron chi connectivity index (χ2n) is 10.4. The van der Waals surface area contributed by atoms with Gasteiger partial charge in [-0.05, 0) is 58.4 Å². The van der Waals surface area contributed by atoms with Crippen molar-refractivity contribution in [2.75, 3.05) is 26.2 Å². The predicted molar refractivity (Wildman–Crippen MR) is 125 cm³/mol. The summed E-state index contributed by atoms with van der Waals surface area (Å²) in [6.07, 6.45) is 4.04. The number of rotatable bonds is 3. The average Bonchev–Trinajstić information content (AvgIpc) is 2.50. The van der Waals surface area contributed by atoms with Crippen molar-refractivity contribution in [1.29, 1.82) is 0 Å². The topological polar surface area (TPSA) is 35.5 Å². The van der Waals surface area contributed by atoms with E-state index in [0.29, 0.717) is 11.8 Å². The third kappa shape index (κ3) is 5.36. The predicted octanol–water partition coefficient (Wildman–Crippen LogP) is 5.58. The van der Waals surface area contributed by atoms with E-state index in [-0.39, 0.29) is 35.6 Å². The standard InChI is InChI=1S/C23H38N2O.2ClH/c1-22(2,3)18-14-17(15-19(21(18)26)23(4,5)6)20(16-8-7-9-16)25-12-10-24-11-13-25;;/h14-16,20,24,26H,7-13H2,1-6H3;2*1H/t20-;;/m1../s1. The molecule has 1 heterocycles. The molecule has 0 aromatic heterocycles. The molecule has 2 N–H and O–H groups in total. The number of hydrogen-bond donors (Lipinski definition) is 2. The molecule has 1 saturated heterocycles. The van der Waals surface area contributed by atoms with E-state index in [1.807, 2.05) is 0 Å². The summed E-state index contributed by atoms with van der Waals surface area (Å²) in [6.45, 7) is 17.7. The summed E-state index contributed by atoms with van der Waals surface area (Å²) in [7, 11) is 0. The van der Waals surface area contributed by atoms with E-state index in [9.17, 15) is 5.11 Å². The van der Waals surface area contributed by atoms with Crippen LogP contribution >= 0.6 is 24.8 Å². The van der Waals surface area contributed by atoms with E-state index in [0.717, 1.165) is 43.2 Å². The van der Waals surface area contributed by atoms with Crippen LogP contribution in [0.4, 0.5) is 0 Å². The molecule has 162 valence electrons. The number of piperazine rings is 1. The summed E-state index contributed by atoms with van der Waals surface area (Å²) in [5.74, 6) is 1.26. The van der Waals surface area contributed by atoms with E-state index in [2.05, 4.69) is 63.9 Å². The molecule has 1 saturated carbocycles. The number of benzene rings is 1. The Balaban J connectivity index is 0.00000196. The fourth-order valence-electron chi connectivity index (χ4n) is 4.47. The zero-order chi connectivity index (χ0) is 19.1. The molecule has 0 amide bonds. The number of nitrogens with one attached hydrogen (secondary N) is 1. The summed E-state index contributed by atoms with van der Waals surface area (Å²) < 4.78 is 0. The van der Waals surface area contributed by atoms with Gasteiger partial charge in [0.05, 0.1) is 0 Å². The average molecular weight is 431 g/mol. The quantitative estimate of drug-likeness (QED) is 0.656. The molecule has 1 aliphatic heterocycles. The van der Waals surface area contributed by atoms with Crippen LogP contribution in [0.5, 0.6) is 5.75 Å². The molecule has 2 fully saturated rings. The molecule has 1 atom stereocenters. The van der Waals surface area contributed by atoms with E-state index in [4.69, 9.17) is 0 Å². The van der Waals surface area contributed by atoms with Gasteiger partial charge in [-0.15, -0.1) is 24.8 Å². The molecule has 1 aliphatic carbocycles. The minimum Gasteiger partial charge on any atom is -0.507 e. The maximum absolute atomic E-state index is 11.1. The number of phenolic OH excluding ortho intramolecular Hbond substituents is 1. The van der Waals surface area contributed by atoms with Crippen LogP contribution in [0.1, 0.15) is 83.5 Å². The second kappa shape index (κ2) is 9.55. The Morgan fingerprint density at radius 1 is 0.929 bits per heavy atom.